The van der Waals surface area contributed by atoms with Crippen molar-refractivity contribution in [2.75, 3.05) is 13.4 Å². The Morgan fingerprint density at radius 1 is 1.40 bits per heavy atom. The van der Waals surface area contributed by atoms with Crippen LogP contribution in [0.4, 0.5) is 0 Å². The van der Waals surface area contributed by atoms with Gasteiger partial charge < -0.3 is 4.74 Å². The minimum absolute atomic E-state index is 0.00463. The van der Waals surface area contributed by atoms with Crippen molar-refractivity contribution in [3.63, 3.8) is 0 Å². The highest BCUT2D eigenvalue weighted by Crippen LogP contribution is 2.18. The number of hydrogen-bond donors (Lipinski definition) is 0. The van der Waals surface area contributed by atoms with Gasteiger partial charge in [-0.3, -0.25) is 0 Å². The van der Waals surface area contributed by atoms with Crippen LogP contribution < -0.4 is 0 Å². The maximum atomic E-state index is 6.56. The molecule has 0 aliphatic heterocycles. The molecule has 0 aliphatic rings. The summed E-state index contributed by atoms with van der Waals surface area (Å²) in [6.45, 7) is 13.1. The predicted molar refractivity (Wildman–Crippen MR) is 40.8 cm³/mol. The molecular weight excluding hydrogens is 148 g/mol. The number of methoxy groups -OCH3 is 1. The SMILES string of the molecule is [C-]#[N+]C([N+]#[C-])=C(OC)SC. The molecule has 0 amide bonds. The second kappa shape index (κ2) is 4.72. The number of thioether (sulfide) groups is 1. The summed E-state index contributed by atoms with van der Waals surface area (Å²) in [5, 5.41) is 0.380. The summed E-state index contributed by atoms with van der Waals surface area (Å²) in [6, 6.07) is 0. The molecule has 3 nitrogen and oxygen atoms in total. The lowest BCUT2D eigenvalue weighted by molar-refractivity contribution is 0.323. The van der Waals surface area contributed by atoms with Crippen LogP contribution in [0, 0.1) is 13.1 Å². The average Bonchev–Trinajstić information content (AvgIpc) is 2.00. The third kappa shape index (κ3) is 2.00. The van der Waals surface area contributed by atoms with E-state index in [1.807, 2.05) is 0 Å². The molecule has 0 radical (unpaired) electrons. The lowest BCUT2D eigenvalue weighted by Crippen LogP contribution is -1.81. The van der Waals surface area contributed by atoms with E-state index < -0.39 is 0 Å². The van der Waals surface area contributed by atoms with E-state index in [4.69, 9.17) is 17.9 Å². The van der Waals surface area contributed by atoms with Gasteiger partial charge in [-0.25, -0.2) is 0 Å². The second-order valence-electron chi connectivity index (χ2n) is 1.24. The summed E-state index contributed by atoms with van der Waals surface area (Å²) in [6.07, 6.45) is 1.76. The van der Waals surface area contributed by atoms with E-state index in [2.05, 4.69) is 9.69 Å². The molecule has 0 saturated carbocycles. The molecule has 0 saturated heterocycles. The predicted octanol–water partition coefficient (Wildman–Crippen LogP) is 1.96. The third-order valence-electron chi connectivity index (χ3n) is 0.765. The van der Waals surface area contributed by atoms with Gasteiger partial charge in [-0.2, -0.15) is 0 Å². The van der Waals surface area contributed by atoms with Gasteiger partial charge in [-0.1, -0.05) is 11.8 Å². The fourth-order valence-electron chi connectivity index (χ4n) is 0.382. The zero-order chi connectivity index (χ0) is 7.98. The highest BCUT2D eigenvalue weighted by Gasteiger charge is 2.12. The largest absolute Gasteiger partial charge is 0.568 e. The van der Waals surface area contributed by atoms with Crippen molar-refractivity contribution in [1.82, 2.24) is 0 Å². The summed E-state index contributed by atoms with van der Waals surface area (Å²) < 4.78 is 4.76. The van der Waals surface area contributed by atoms with Crippen molar-refractivity contribution in [2.45, 2.75) is 0 Å². The summed E-state index contributed by atoms with van der Waals surface area (Å²) in [5.74, 6) is -0.00463. The van der Waals surface area contributed by atoms with Crippen LogP contribution in [-0.4, -0.2) is 13.4 Å². The molecule has 0 aromatic carbocycles. The van der Waals surface area contributed by atoms with Crippen molar-refractivity contribution in [1.29, 1.82) is 0 Å². The lowest BCUT2D eigenvalue weighted by Gasteiger charge is -1.94. The van der Waals surface area contributed by atoms with E-state index in [1.165, 1.54) is 18.9 Å². The van der Waals surface area contributed by atoms with Gasteiger partial charge in [-0.15, -0.1) is 9.69 Å². The first kappa shape index (κ1) is 8.87. The summed E-state index contributed by atoms with van der Waals surface area (Å²) >= 11 is 1.26. The zero-order valence-corrected chi connectivity index (χ0v) is 6.53. The molecule has 0 rings (SSSR count). The molecule has 0 heterocycles. The molecule has 0 fully saturated rings. The van der Waals surface area contributed by atoms with Crippen LogP contribution in [0.25, 0.3) is 9.69 Å². The van der Waals surface area contributed by atoms with Crippen molar-refractivity contribution >= 4 is 11.8 Å². The maximum absolute atomic E-state index is 6.56. The van der Waals surface area contributed by atoms with Crippen molar-refractivity contribution in [3.8, 4) is 0 Å². The highest BCUT2D eigenvalue weighted by molar-refractivity contribution is 8.02. The molecule has 0 unspecified atom stereocenters. The summed E-state index contributed by atoms with van der Waals surface area (Å²) in [7, 11) is 1.45. The van der Waals surface area contributed by atoms with Gasteiger partial charge in [0.2, 0.25) is 5.09 Å². The summed E-state index contributed by atoms with van der Waals surface area (Å²) in [4.78, 5) is 5.96. The van der Waals surface area contributed by atoms with Crippen LogP contribution in [0.15, 0.2) is 10.9 Å². The standard InChI is InChI=1S/C6H6N2OS/c1-7-5(8-2)6(9-3)10-4/h3-4H3. The number of nitrogens with zero attached hydrogens (tertiary/aromatic N) is 2. The van der Waals surface area contributed by atoms with Gasteiger partial charge in [0.15, 0.2) is 0 Å². The van der Waals surface area contributed by atoms with Gasteiger partial charge in [0.1, 0.15) is 13.1 Å². The smallest absolute Gasteiger partial charge is 0.495 e. The van der Waals surface area contributed by atoms with E-state index in [-0.39, 0.29) is 5.82 Å². The Labute approximate surface area is 64.3 Å². The van der Waals surface area contributed by atoms with Crippen molar-refractivity contribution in [2.24, 2.45) is 0 Å². The third-order valence-corrected chi connectivity index (χ3v) is 1.49. The monoisotopic (exact) mass is 154 g/mol. The van der Waals surface area contributed by atoms with Crippen LogP contribution in [0.5, 0.6) is 0 Å². The molecule has 0 aromatic rings. The van der Waals surface area contributed by atoms with Crippen LogP contribution in [0.1, 0.15) is 0 Å². The molecule has 0 atom stereocenters. The van der Waals surface area contributed by atoms with Crippen molar-refractivity contribution in [3.05, 3.63) is 33.7 Å². The highest BCUT2D eigenvalue weighted by atomic mass is 32.2. The quantitative estimate of drug-likeness (QED) is 0.447. The van der Waals surface area contributed by atoms with Gasteiger partial charge in [0, 0.05) is 0 Å². The van der Waals surface area contributed by atoms with E-state index in [0.29, 0.717) is 5.09 Å². The Balaban J connectivity index is 4.62. The Kier molecular flexibility index (Phi) is 4.19. The van der Waals surface area contributed by atoms with E-state index >= 15 is 0 Å². The molecule has 0 bridgehead atoms. The molecule has 10 heavy (non-hydrogen) atoms. The fourth-order valence-corrected chi connectivity index (χ4v) is 0.823. The van der Waals surface area contributed by atoms with E-state index in [9.17, 15) is 0 Å². The van der Waals surface area contributed by atoms with E-state index in [1.54, 1.807) is 6.26 Å². The van der Waals surface area contributed by atoms with Gasteiger partial charge in [0.05, 0.1) is 7.11 Å². The molecule has 4 heteroatoms. The van der Waals surface area contributed by atoms with Crippen LogP contribution in [0.3, 0.4) is 0 Å². The first-order valence-electron chi connectivity index (χ1n) is 2.37. The van der Waals surface area contributed by atoms with Crippen LogP contribution in [-0.2, 0) is 4.74 Å². The minimum atomic E-state index is -0.00463. The van der Waals surface area contributed by atoms with Crippen molar-refractivity contribution < 1.29 is 4.74 Å². The Morgan fingerprint density at radius 2 is 1.90 bits per heavy atom. The first-order chi connectivity index (χ1) is 4.79. The van der Waals surface area contributed by atoms with Crippen LogP contribution >= 0.6 is 11.8 Å². The Morgan fingerprint density at radius 3 is 2.00 bits per heavy atom. The topological polar surface area (TPSA) is 18.0 Å². The molecular formula is C6H6N2OS. The molecule has 0 N–H and O–H groups in total. The first-order valence-corrected chi connectivity index (χ1v) is 3.59. The number of rotatable bonds is 2. The Hall–Kier alpha value is -1.13. The van der Waals surface area contributed by atoms with Gasteiger partial charge in [-0.05, 0) is 6.26 Å². The normalized spacial score (nSPS) is 7.20. The molecule has 0 spiro atoms. The second-order valence-corrected chi connectivity index (χ2v) is 2.02. The maximum Gasteiger partial charge on any atom is 0.568 e. The Bertz CT molecular complexity index is 199. The lowest BCUT2D eigenvalue weighted by atomic mass is 10.8. The summed E-state index contributed by atoms with van der Waals surface area (Å²) in [5.41, 5.74) is 0. The van der Waals surface area contributed by atoms with Crippen LogP contribution in [0.2, 0.25) is 0 Å². The molecule has 0 aliphatic carbocycles. The fraction of sp³-hybridized carbons (Fsp3) is 0.333. The van der Waals surface area contributed by atoms with Gasteiger partial charge in [0.25, 0.3) is 0 Å². The minimum Gasteiger partial charge on any atom is -0.495 e. The number of hydrogen-bond acceptors (Lipinski definition) is 2. The average molecular weight is 154 g/mol. The number of ether oxygens (including phenoxy) is 1. The zero-order valence-electron chi connectivity index (χ0n) is 5.71. The molecule has 0 aromatic heterocycles. The molecule has 52 valence electrons. The van der Waals surface area contributed by atoms with Gasteiger partial charge >= 0.3 is 5.82 Å². The van der Waals surface area contributed by atoms with E-state index in [0.717, 1.165) is 0 Å².